The van der Waals surface area contributed by atoms with E-state index < -0.39 is 0 Å². The molecule has 1 aliphatic heterocycles. The molecule has 3 rings (SSSR count). The molecule has 0 bridgehead atoms. The molecule has 2 nitrogen and oxygen atoms in total. The summed E-state index contributed by atoms with van der Waals surface area (Å²) in [5.41, 5.74) is 1.11. The molecule has 0 spiro atoms. The van der Waals surface area contributed by atoms with E-state index in [2.05, 4.69) is 39.3 Å². The number of benzene rings is 1. The molecule has 116 valence electrons. The number of halogens is 2. The van der Waals surface area contributed by atoms with Crippen LogP contribution in [0.4, 0.5) is 4.39 Å². The van der Waals surface area contributed by atoms with E-state index in [-0.39, 0.29) is 5.82 Å². The van der Waals surface area contributed by atoms with Gasteiger partial charge < -0.3 is 5.32 Å². The zero-order valence-corrected chi connectivity index (χ0v) is 14.2. The van der Waals surface area contributed by atoms with Crippen molar-refractivity contribution in [1.82, 2.24) is 10.2 Å². The molecule has 2 fully saturated rings. The number of hydrogen-bond donors (Lipinski definition) is 1. The molecule has 21 heavy (non-hydrogen) atoms. The van der Waals surface area contributed by atoms with Crippen LogP contribution in [0.15, 0.2) is 22.7 Å². The zero-order chi connectivity index (χ0) is 14.8. The second-order valence-corrected chi connectivity index (χ2v) is 7.39. The Bertz CT molecular complexity index is 490. The van der Waals surface area contributed by atoms with Crippen LogP contribution in [0, 0.1) is 11.7 Å². The molecule has 1 aliphatic carbocycles. The first-order valence-corrected chi connectivity index (χ1v) is 8.83. The van der Waals surface area contributed by atoms with E-state index in [4.69, 9.17) is 0 Å². The molecule has 1 saturated carbocycles. The zero-order valence-electron chi connectivity index (χ0n) is 12.6. The van der Waals surface area contributed by atoms with Crippen LogP contribution < -0.4 is 5.32 Å². The van der Waals surface area contributed by atoms with E-state index in [1.54, 1.807) is 6.07 Å². The first-order valence-electron chi connectivity index (χ1n) is 8.03. The third-order valence-corrected chi connectivity index (χ3v) is 5.43. The van der Waals surface area contributed by atoms with Crippen molar-refractivity contribution >= 4 is 15.9 Å². The number of hydrogen-bond acceptors (Lipinski definition) is 2. The molecule has 4 heteroatoms. The second-order valence-electron chi connectivity index (χ2n) is 6.54. The third kappa shape index (κ3) is 3.85. The Morgan fingerprint density at radius 2 is 2.10 bits per heavy atom. The minimum atomic E-state index is -0.154. The maximum Gasteiger partial charge on any atom is 0.137 e. The van der Waals surface area contributed by atoms with Gasteiger partial charge in [-0.3, -0.25) is 4.90 Å². The highest BCUT2D eigenvalue weighted by molar-refractivity contribution is 9.10. The van der Waals surface area contributed by atoms with Gasteiger partial charge in [0, 0.05) is 18.6 Å². The van der Waals surface area contributed by atoms with Crippen molar-refractivity contribution in [3.05, 3.63) is 34.1 Å². The summed E-state index contributed by atoms with van der Waals surface area (Å²) in [4.78, 5) is 2.41. The normalized spacial score (nSPS) is 27.6. The summed E-state index contributed by atoms with van der Waals surface area (Å²) in [7, 11) is 2.18. The van der Waals surface area contributed by atoms with Crippen molar-refractivity contribution in [2.24, 2.45) is 5.92 Å². The molecule has 2 unspecified atom stereocenters. The minimum Gasteiger partial charge on any atom is -0.314 e. The second kappa shape index (κ2) is 6.76. The van der Waals surface area contributed by atoms with E-state index in [0.717, 1.165) is 24.7 Å². The molecule has 1 heterocycles. The van der Waals surface area contributed by atoms with Gasteiger partial charge in [-0.05, 0) is 78.8 Å². The Labute approximate surface area is 135 Å². The van der Waals surface area contributed by atoms with Crippen molar-refractivity contribution in [1.29, 1.82) is 0 Å². The van der Waals surface area contributed by atoms with Gasteiger partial charge in [0.2, 0.25) is 0 Å². The largest absolute Gasteiger partial charge is 0.314 e. The number of nitrogens with one attached hydrogen (secondary N) is 1. The van der Waals surface area contributed by atoms with Crippen molar-refractivity contribution in [3.8, 4) is 0 Å². The van der Waals surface area contributed by atoms with Crippen LogP contribution in [-0.2, 0) is 0 Å². The summed E-state index contributed by atoms with van der Waals surface area (Å²) >= 11 is 3.26. The summed E-state index contributed by atoms with van der Waals surface area (Å²) in [6.45, 7) is 2.15. The van der Waals surface area contributed by atoms with E-state index in [1.807, 2.05) is 6.07 Å². The predicted molar refractivity (Wildman–Crippen MR) is 87.8 cm³/mol. The average Bonchev–Trinajstić information content (AvgIpc) is 3.28. The molecule has 0 aromatic heterocycles. The molecule has 0 radical (unpaired) electrons. The van der Waals surface area contributed by atoms with Crippen LogP contribution in [0.5, 0.6) is 0 Å². The van der Waals surface area contributed by atoms with Crippen LogP contribution in [0.1, 0.15) is 43.7 Å². The number of nitrogens with zero attached hydrogens (tertiary/aromatic N) is 1. The summed E-state index contributed by atoms with van der Waals surface area (Å²) in [6.07, 6.45) is 6.38. The highest BCUT2D eigenvalue weighted by Crippen LogP contribution is 2.35. The van der Waals surface area contributed by atoms with Crippen LogP contribution in [0.3, 0.4) is 0 Å². The summed E-state index contributed by atoms with van der Waals surface area (Å²) in [6, 6.07) is 6.68. The SMILES string of the molecule is CN1CCCCC(CNC2CC2)C1c1ccc(Br)c(F)c1. The van der Waals surface area contributed by atoms with Gasteiger partial charge in [0.15, 0.2) is 0 Å². The van der Waals surface area contributed by atoms with E-state index in [0.29, 0.717) is 16.4 Å². The molecule has 0 amide bonds. The van der Waals surface area contributed by atoms with Gasteiger partial charge in [0.1, 0.15) is 5.82 Å². The van der Waals surface area contributed by atoms with Gasteiger partial charge in [0.05, 0.1) is 4.47 Å². The smallest absolute Gasteiger partial charge is 0.137 e. The van der Waals surface area contributed by atoms with Crippen LogP contribution in [0.25, 0.3) is 0 Å². The molecule has 1 aromatic carbocycles. The Morgan fingerprint density at radius 1 is 1.29 bits per heavy atom. The van der Waals surface area contributed by atoms with E-state index in [9.17, 15) is 4.39 Å². The Kier molecular flexibility index (Phi) is 4.97. The Morgan fingerprint density at radius 3 is 2.81 bits per heavy atom. The highest BCUT2D eigenvalue weighted by Gasteiger charge is 2.31. The van der Waals surface area contributed by atoms with Gasteiger partial charge in [-0.1, -0.05) is 12.5 Å². The minimum absolute atomic E-state index is 0.154. The van der Waals surface area contributed by atoms with Gasteiger partial charge in [0.25, 0.3) is 0 Å². The van der Waals surface area contributed by atoms with Gasteiger partial charge in [-0.25, -0.2) is 4.39 Å². The highest BCUT2D eigenvalue weighted by atomic mass is 79.9. The number of likely N-dealkylation sites (tertiary alicyclic amines) is 1. The third-order valence-electron chi connectivity index (χ3n) is 4.79. The topological polar surface area (TPSA) is 15.3 Å². The fourth-order valence-corrected chi connectivity index (χ4v) is 3.71. The van der Waals surface area contributed by atoms with E-state index in [1.165, 1.54) is 32.1 Å². The lowest BCUT2D eigenvalue weighted by atomic mass is 9.89. The monoisotopic (exact) mass is 354 g/mol. The predicted octanol–water partition coefficient (Wildman–Crippen LogP) is 4.11. The first-order chi connectivity index (χ1) is 10.1. The van der Waals surface area contributed by atoms with Crippen molar-refractivity contribution < 1.29 is 4.39 Å². The van der Waals surface area contributed by atoms with Crippen molar-refractivity contribution in [3.63, 3.8) is 0 Å². The molecule has 1 saturated heterocycles. The Hall–Kier alpha value is -0.450. The molecular formula is C17H24BrFN2. The molecule has 2 aliphatic rings. The lowest BCUT2D eigenvalue weighted by molar-refractivity contribution is 0.188. The lowest BCUT2D eigenvalue weighted by Gasteiger charge is -2.33. The maximum atomic E-state index is 13.9. The summed E-state index contributed by atoms with van der Waals surface area (Å²) in [5.74, 6) is 0.415. The molecule has 1 aromatic rings. The Balaban J connectivity index is 1.81. The van der Waals surface area contributed by atoms with Gasteiger partial charge >= 0.3 is 0 Å². The maximum absolute atomic E-state index is 13.9. The van der Waals surface area contributed by atoms with Crippen LogP contribution >= 0.6 is 15.9 Å². The molecule has 1 N–H and O–H groups in total. The van der Waals surface area contributed by atoms with Crippen LogP contribution in [-0.4, -0.2) is 31.1 Å². The standard InChI is InChI=1S/C17H24BrFN2/c1-21-9-3-2-4-13(11-20-14-6-7-14)17(21)12-5-8-15(18)16(19)10-12/h5,8,10,13-14,17,20H,2-4,6-7,9,11H2,1H3. The first kappa shape index (κ1) is 15.4. The van der Waals surface area contributed by atoms with Gasteiger partial charge in [-0.15, -0.1) is 0 Å². The van der Waals surface area contributed by atoms with E-state index >= 15 is 0 Å². The van der Waals surface area contributed by atoms with Gasteiger partial charge in [-0.2, -0.15) is 0 Å². The summed E-state index contributed by atoms with van der Waals surface area (Å²) in [5, 5.41) is 3.67. The fourth-order valence-electron chi connectivity index (χ4n) is 3.47. The van der Waals surface area contributed by atoms with Crippen LogP contribution in [0.2, 0.25) is 0 Å². The summed E-state index contributed by atoms with van der Waals surface area (Å²) < 4.78 is 14.5. The lowest BCUT2D eigenvalue weighted by Crippen LogP contribution is -2.35. The van der Waals surface area contributed by atoms with Crippen molar-refractivity contribution in [2.75, 3.05) is 20.1 Å². The van der Waals surface area contributed by atoms with Crippen molar-refractivity contribution in [2.45, 2.75) is 44.2 Å². The molecular weight excluding hydrogens is 331 g/mol. The quantitative estimate of drug-likeness (QED) is 0.874. The number of rotatable bonds is 4. The average molecular weight is 355 g/mol. The fraction of sp³-hybridized carbons (Fsp3) is 0.647. The molecule has 2 atom stereocenters.